The van der Waals surface area contributed by atoms with Crippen molar-refractivity contribution >= 4 is 28.3 Å². The zero-order valence-electron chi connectivity index (χ0n) is 20.5. The van der Waals surface area contributed by atoms with Gasteiger partial charge in [0.1, 0.15) is 17.9 Å². The second-order valence-electron chi connectivity index (χ2n) is 8.84. The van der Waals surface area contributed by atoms with Crippen LogP contribution in [-0.2, 0) is 11.3 Å². The fourth-order valence-corrected chi connectivity index (χ4v) is 4.68. The lowest BCUT2D eigenvalue weighted by atomic mass is 10.1. The van der Waals surface area contributed by atoms with Crippen LogP contribution >= 0.6 is 0 Å². The lowest BCUT2D eigenvalue weighted by molar-refractivity contribution is -0.523. The number of likely N-dealkylation sites (N-methyl/N-ethyl adjacent to an activating group) is 1. The second-order valence-corrected chi connectivity index (χ2v) is 8.84. The number of methoxy groups -OCH3 is 2. The molecule has 5 rings (SSSR count). The Labute approximate surface area is 203 Å². The summed E-state index contributed by atoms with van der Waals surface area (Å²) in [5.74, 6) is 0.454. The Balaban J connectivity index is 1.51. The molecule has 2 N–H and O–H groups in total. The maximum absolute atomic E-state index is 13.4. The molecule has 3 aromatic rings. The molecule has 11 nitrogen and oxygen atoms in total. The number of amides is 1. The van der Waals surface area contributed by atoms with Crippen molar-refractivity contribution in [1.82, 2.24) is 20.1 Å². The van der Waals surface area contributed by atoms with Crippen LogP contribution < -0.4 is 30.0 Å². The van der Waals surface area contributed by atoms with Gasteiger partial charge < -0.3 is 25.0 Å². The molecule has 2 aliphatic rings. The number of benzene rings is 1. The molecule has 0 saturated carbocycles. The van der Waals surface area contributed by atoms with E-state index in [-0.39, 0.29) is 11.9 Å². The fourth-order valence-electron chi connectivity index (χ4n) is 4.68. The first-order valence-corrected chi connectivity index (χ1v) is 11.8. The molecule has 35 heavy (non-hydrogen) atoms. The predicted octanol–water partition coefficient (Wildman–Crippen LogP) is 0.456. The summed E-state index contributed by atoms with van der Waals surface area (Å²) in [5, 5.41) is 12.0. The molecule has 184 valence electrons. The minimum Gasteiger partial charge on any atom is -0.475 e. The minimum absolute atomic E-state index is 0.00739. The number of fused-ring (bicyclic) bond motifs is 2. The van der Waals surface area contributed by atoms with Crippen LogP contribution in [0.4, 0.5) is 11.5 Å². The molecule has 1 aromatic carbocycles. The Morgan fingerprint density at radius 3 is 2.91 bits per heavy atom. The second kappa shape index (κ2) is 9.59. The average Bonchev–Trinajstić information content (AvgIpc) is 3.58. The monoisotopic (exact) mass is 479 g/mol. The summed E-state index contributed by atoms with van der Waals surface area (Å²) in [6.07, 6.45) is 6.75. The van der Waals surface area contributed by atoms with Crippen molar-refractivity contribution in [1.29, 1.82) is 0 Å². The van der Waals surface area contributed by atoms with Gasteiger partial charge in [0.05, 0.1) is 25.8 Å². The molecule has 4 heterocycles. The Hall–Kier alpha value is -3.57. The topological polar surface area (TPSA) is 112 Å². The molecule has 1 fully saturated rings. The van der Waals surface area contributed by atoms with E-state index in [1.54, 1.807) is 20.4 Å². The third kappa shape index (κ3) is 4.44. The Bertz CT molecular complexity index is 1390. The summed E-state index contributed by atoms with van der Waals surface area (Å²) >= 11 is 0. The standard InChI is InChI=1S/C24H30N8O3/c1-15-11-31-14-20(28-24(35-4)22(31)26-15)27-23(33)17-5-6-19(30-8-7-16(12-30)25-2)18-13-32(9-10-34-3)29-21(17)18/h5-6,11,13-16,25H,7-10,12H2,1-4H3/p+1/t15?,16-/m1/s1. The largest absolute Gasteiger partial charge is 0.475 e. The molecule has 2 atom stereocenters. The number of ether oxygens (including phenoxy) is 2. The fraction of sp³-hybridized carbons (Fsp3) is 0.458. The van der Waals surface area contributed by atoms with Gasteiger partial charge in [-0.3, -0.25) is 9.48 Å². The molecule has 0 bridgehead atoms. The van der Waals surface area contributed by atoms with Gasteiger partial charge >= 0.3 is 11.4 Å². The molecule has 11 heteroatoms. The number of carbonyl (C=O) groups is 1. The van der Waals surface area contributed by atoms with Crippen LogP contribution in [0.3, 0.4) is 0 Å². The van der Waals surface area contributed by atoms with Gasteiger partial charge in [-0.25, -0.2) is 0 Å². The summed E-state index contributed by atoms with van der Waals surface area (Å²) in [7, 11) is 5.20. The molecular formula is C24H31N8O3+. The van der Waals surface area contributed by atoms with Gasteiger partial charge in [0.25, 0.3) is 5.91 Å². The van der Waals surface area contributed by atoms with E-state index >= 15 is 0 Å². The van der Waals surface area contributed by atoms with Gasteiger partial charge in [-0.05, 0) is 32.5 Å². The van der Waals surface area contributed by atoms with Crippen LogP contribution in [0.1, 0.15) is 23.7 Å². The first-order valence-electron chi connectivity index (χ1n) is 11.8. The Morgan fingerprint density at radius 2 is 2.17 bits per heavy atom. The molecule has 0 spiro atoms. The van der Waals surface area contributed by atoms with Crippen LogP contribution in [0.25, 0.3) is 10.9 Å². The van der Waals surface area contributed by atoms with E-state index in [4.69, 9.17) is 14.6 Å². The highest BCUT2D eigenvalue weighted by Gasteiger charge is 2.26. The van der Waals surface area contributed by atoms with Gasteiger partial charge in [0, 0.05) is 43.5 Å². The van der Waals surface area contributed by atoms with E-state index in [1.807, 2.05) is 47.4 Å². The van der Waals surface area contributed by atoms with Crippen molar-refractivity contribution in [2.75, 3.05) is 51.2 Å². The number of nitrogens with one attached hydrogen (secondary N) is 2. The molecule has 1 amide bonds. The number of nitrogens with zero attached hydrogens (tertiary/aromatic N) is 6. The first kappa shape index (κ1) is 23.2. The highest BCUT2D eigenvalue weighted by molar-refractivity contribution is 6.13. The lowest BCUT2D eigenvalue weighted by Gasteiger charge is -2.20. The summed E-state index contributed by atoms with van der Waals surface area (Å²) in [4.78, 5) is 24.7. The normalized spacial score (nSPS) is 18.9. The van der Waals surface area contributed by atoms with Crippen molar-refractivity contribution < 1.29 is 18.5 Å². The van der Waals surface area contributed by atoms with E-state index in [9.17, 15) is 4.79 Å². The molecular weight excluding hydrogens is 448 g/mol. The number of aromatic nitrogens is 4. The summed E-state index contributed by atoms with van der Waals surface area (Å²) < 4.78 is 14.3. The first-order chi connectivity index (χ1) is 17.0. The van der Waals surface area contributed by atoms with Crippen LogP contribution in [0.5, 0.6) is 5.88 Å². The minimum atomic E-state index is -0.286. The van der Waals surface area contributed by atoms with E-state index in [0.29, 0.717) is 47.5 Å². The molecule has 1 saturated heterocycles. The number of rotatable bonds is 8. The summed E-state index contributed by atoms with van der Waals surface area (Å²) in [6, 6.07) is 4.31. The van der Waals surface area contributed by atoms with Crippen LogP contribution in [-0.4, -0.2) is 73.7 Å². The van der Waals surface area contributed by atoms with Gasteiger partial charge in [-0.15, -0.1) is 0 Å². The van der Waals surface area contributed by atoms with Crippen molar-refractivity contribution in [2.45, 2.75) is 32.0 Å². The summed E-state index contributed by atoms with van der Waals surface area (Å²) in [5.41, 5.74) is 2.85. The Morgan fingerprint density at radius 1 is 1.31 bits per heavy atom. The zero-order chi connectivity index (χ0) is 24.5. The number of anilines is 2. The molecule has 0 aliphatic carbocycles. The smallest absolute Gasteiger partial charge is 0.386 e. The van der Waals surface area contributed by atoms with E-state index in [1.165, 1.54) is 0 Å². The quantitative estimate of drug-likeness (QED) is 0.452. The third-order valence-corrected chi connectivity index (χ3v) is 6.46. The van der Waals surface area contributed by atoms with Gasteiger partial charge in [-0.2, -0.15) is 14.3 Å². The molecule has 2 aromatic heterocycles. The molecule has 2 aliphatic heterocycles. The maximum Gasteiger partial charge on any atom is 0.386 e. The highest BCUT2D eigenvalue weighted by Crippen LogP contribution is 2.31. The van der Waals surface area contributed by atoms with Crippen LogP contribution in [0.2, 0.25) is 0 Å². The predicted molar refractivity (Wildman–Crippen MR) is 131 cm³/mol. The van der Waals surface area contributed by atoms with Gasteiger partial charge in [0.2, 0.25) is 0 Å². The lowest BCUT2D eigenvalue weighted by Crippen LogP contribution is -2.37. The molecule has 1 unspecified atom stereocenters. The van der Waals surface area contributed by atoms with Crippen molar-refractivity contribution in [3.63, 3.8) is 0 Å². The summed E-state index contributed by atoms with van der Waals surface area (Å²) in [6.45, 7) is 4.97. The number of carbonyl (C=O) groups excluding carboxylic acids is 1. The average molecular weight is 480 g/mol. The van der Waals surface area contributed by atoms with Gasteiger partial charge in [-0.1, -0.05) is 4.99 Å². The maximum atomic E-state index is 13.4. The van der Waals surface area contributed by atoms with E-state index in [2.05, 4.69) is 25.5 Å². The SMILES string of the molecule is CN[C@@H]1CCN(c2ccc(C(=O)Nc3c[n+]4c(c(OC)n3)=NC(C)C=4)c3nn(CCOC)cc23)C1. The van der Waals surface area contributed by atoms with Crippen molar-refractivity contribution in [3.05, 3.63) is 41.8 Å². The Kier molecular flexibility index (Phi) is 6.35. The van der Waals surface area contributed by atoms with E-state index < -0.39 is 0 Å². The third-order valence-electron chi connectivity index (χ3n) is 6.46. The van der Waals surface area contributed by atoms with Crippen LogP contribution in [0, 0.1) is 6.21 Å². The van der Waals surface area contributed by atoms with Gasteiger partial charge in [0.15, 0.2) is 11.9 Å². The van der Waals surface area contributed by atoms with Crippen molar-refractivity contribution in [2.24, 2.45) is 4.99 Å². The van der Waals surface area contributed by atoms with Crippen molar-refractivity contribution in [3.8, 4) is 5.88 Å². The molecule has 0 radical (unpaired) electrons. The highest BCUT2D eigenvalue weighted by atomic mass is 16.5. The zero-order valence-corrected chi connectivity index (χ0v) is 20.5. The van der Waals surface area contributed by atoms with Crippen LogP contribution in [0.15, 0.2) is 29.5 Å². The number of hydrogen-bond acceptors (Lipinski definition) is 8. The van der Waals surface area contributed by atoms with E-state index in [0.717, 1.165) is 30.6 Å². The number of hydrogen-bond donors (Lipinski definition) is 2.